The molecule has 0 aliphatic rings. The summed E-state index contributed by atoms with van der Waals surface area (Å²) in [6.45, 7) is 26.6. The smallest absolute Gasteiger partial charge is 0.250 e. The van der Waals surface area contributed by atoms with Gasteiger partial charge in [0.1, 0.15) is 11.5 Å². The standard InChI is InChI=1S/C21H38O2Si2/c1-12-13-17-16-18(22-24(8,9)20(2,3)4)14-15-19(17)23-25(10,11)21(5,6)7/h12,14-16H,1,13H2,2-11H3. The van der Waals surface area contributed by atoms with Gasteiger partial charge in [-0.05, 0) is 60.9 Å². The lowest BCUT2D eigenvalue weighted by atomic mass is 10.1. The van der Waals surface area contributed by atoms with Gasteiger partial charge >= 0.3 is 0 Å². The van der Waals surface area contributed by atoms with E-state index in [2.05, 4.69) is 92.5 Å². The Balaban J connectivity index is 3.18. The van der Waals surface area contributed by atoms with Crippen molar-refractivity contribution in [2.24, 2.45) is 0 Å². The maximum Gasteiger partial charge on any atom is 0.250 e. The molecular weight excluding hydrogens is 340 g/mol. The van der Waals surface area contributed by atoms with Crippen LogP contribution in [0.2, 0.25) is 36.3 Å². The molecule has 0 atom stereocenters. The van der Waals surface area contributed by atoms with E-state index in [1.807, 2.05) is 6.08 Å². The molecule has 0 fully saturated rings. The number of rotatable bonds is 6. The fourth-order valence-electron chi connectivity index (χ4n) is 1.91. The zero-order valence-electron chi connectivity index (χ0n) is 18.0. The average molecular weight is 379 g/mol. The van der Waals surface area contributed by atoms with E-state index in [0.29, 0.717) is 0 Å². The monoisotopic (exact) mass is 378 g/mol. The molecular formula is C21H38O2Si2. The summed E-state index contributed by atoms with van der Waals surface area (Å²) in [6, 6.07) is 6.29. The molecule has 0 aliphatic carbocycles. The lowest BCUT2D eigenvalue weighted by molar-refractivity contribution is 0.478. The van der Waals surface area contributed by atoms with Crippen LogP contribution in [0.3, 0.4) is 0 Å². The molecule has 0 radical (unpaired) electrons. The van der Waals surface area contributed by atoms with E-state index in [4.69, 9.17) is 8.85 Å². The Bertz CT molecular complexity index is 605. The molecule has 0 aliphatic heterocycles. The van der Waals surface area contributed by atoms with Crippen molar-refractivity contribution in [1.29, 1.82) is 0 Å². The van der Waals surface area contributed by atoms with Crippen molar-refractivity contribution in [2.45, 2.75) is 84.2 Å². The highest BCUT2D eigenvalue weighted by atomic mass is 28.4. The molecule has 1 rings (SSSR count). The first-order valence-electron chi connectivity index (χ1n) is 9.22. The van der Waals surface area contributed by atoms with Gasteiger partial charge in [-0.3, -0.25) is 0 Å². The Kier molecular flexibility index (Phi) is 6.45. The number of allylic oxidation sites excluding steroid dienone is 1. The summed E-state index contributed by atoms with van der Waals surface area (Å²) < 4.78 is 13.0. The summed E-state index contributed by atoms with van der Waals surface area (Å²) in [4.78, 5) is 0. The molecule has 0 aromatic heterocycles. The SMILES string of the molecule is C=CCc1cc(O[Si](C)(C)C(C)(C)C)ccc1O[Si](C)(C)C(C)(C)C. The minimum absolute atomic E-state index is 0.175. The molecule has 25 heavy (non-hydrogen) atoms. The van der Waals surface area contributed by atoms with Crippen LogP contribution < -0.4 is 8.85 Å². The second-order valence-electron chi connectivity index (χ2n) is 9.99. The predicted octanol–water partition coefficient (Wildman–Crippen LogP) is 7.18. The minimum Gasteiger partial charge on any atom is -0.543 e. The van der Waals surface area contributed by atoms with Crippen LogP contribution in [-0.4, -0.2) is 16.6 Å². The Hall–Kier alpha value is -1.01. The summed E-state index contributed by atoms with van der Waals surface area (Å²) >= 11 is 0. The van der Waals surface area contributed by atoms with E-state index in [9.17, 15) is 0 Å². The van der Waals surface area contributed by atoms with E-state index in [1.54, 1.807) is 0 Å². The van der Waals surface area contributed by atoms with Crippen LogP contribution in [0.25, 0.3) is 0 Å². The molecule has 4 heteroatoms. The summed E-state index contributed by atoms with van der Waals surface area (Å²) in [6.07, 6.45) is 2.72. The quantitative estimate of drug-likeness (QED) is 0.385. The summed E-state index contributed by atoms with van der Waals surface area (Å²) in [5.41, 5.74) is 1.16. The molecule has 142 valence electrons. The van der Waals surface area contributed by atoms with Crippen LogP contribution in [0.5, 0.6) is 11.5 Å². The van der Waals surface area contributed by atoms with Crippen molar-refractivity contribution in [3.8, 4) is 11.5 Å². The van der Waals surface area contributed by atoms with Crippen LogP contribution in [0.15, 0.2) is 30.9 Å². The van der Waals surface area contributed by atoms with Gasteiger partial charge in [-0.25, -0.2) is 0 Å². The van der Waals surface area contributed by atoms with Gasteiger partial charge in [-0.1, -0.05) is 47.6 Å². The van der Waals surface area contributed by atoms with Crippen LogP contribution in [-0.2, 0) is 6.42 Å². The van der Waals surface area contributed by atoms with Crippen molar-refractivity contribution < 1.29 is 8.85 Å². The van der Waals surface area contributed by atoms with Crippen LogP contribution in [0.1, 0.15) is 47.1 Å². The lowest BCUT2D eigenvalue weighted by Crippen LogP contribution is -2.44. The van der Waals surface area contributed by atoms with Gasteiger partial charge in [-0.2, -0.15) is 0 Å². The van der Waals surface area contributed by atoms with Gasteiger partial charge in [-0.15, -0.1) is 6.58 Å². The molecule has 0 saturated carbocycles. The summed E-state index contributed by atoms with van der Waals surface area (Å²) in [5.74, 6) is 1.93. The van der Waals surface area contributed by atoms with E-state index >= 15 is 0 Å². The Morgan fingerprint density at radius 2 is 1.36 bits per heavy atom. The van der Waals surface area contributed by atoms with Crippen molar-refractivity contribution in [2.75, 3.05) is 0 Å². The molecule has 1 aromatic carbocycles. The number of hydrogen-bond acceptors (Lipinski definition) is 2. The first-order chi connectivity index (χ1) is 11.1. The van der Waals surface area contributed by atoms with Gasteiger partial charge < -0.3 is 8.85 Å². The molecule has 0 saturated heterocycles. The third-order valence-electron chi connectivity index (χ3n) is 5.75. The van der Waals surface area contributed by atoms with Crippen molar-refractivity contribution in [1.82, 2.24) is 0 Å². The van der Waals surface area contributed by atoms with Crippen molar-refractivity contribution in [3.05, 3.63) is 36.4 Å². The molecule has 1 aromatic rings. The van der Waals surface area contributed by atoms with Crippen LogP contribution in [0.4, 0.5) is 0 Å². The number of hydrogen-bond donors (Lipinski definition) is 0. The van der Waals surface area contributed by atoms with Gasteiger partial charge in [0.05, 0.1) is 0 Å². The molecule has 2 nitrogen and oxygen atoms in total. The Labute approximate surface area is 157 Å². The first kappa shape index (κ1) is 22.0. The largest absolute Gasteiger partial charge is 0.543 e. The summed E-state index contributed by atoms with van der Waals surface area (Å²) in [7, 11) is -3.71. The topological polar surface area (TPSA) is 18.5 Å². The maximum absolute atomic E-state index is 6.55. The van der Waals surface area contributed by atoms with E-state index in [1.165, 1.54) is 0 Å². The minimum atomic E-state index is -1.87. The third kappa shape index (κ3) is 5.48. The average Bonchev–Trinajstić information content (AvgIpc) is 2.39. The van der Waals surface area contributed by atoms with E-state index in [-0.39, 0.29) is 10.1 Å². The highest BCUT2D eigenvalue weighted by Crippen LogP contribution is 2.41. The van der Waals surface area contributed by atoms with Gasteiger partial charge in [0.15, 0.2) is 0 Å². The maximum atomic E-state index is 6.55. The van der Waals surface area contributed by atoms with Crippen molar-refractivity contribution >= 4 is 16.6 Å². The molecule has 0 unspecified atom stereocenters. The van der Waals surface area contributed by atoms with Gasteiger partial charge in [0, 0.05) is 5.56 Å². The van der Waals surface area contributed by atoms with Crippen LogP contribution >= 0.6 is 0 Å². The van der Waals surface area contributed by atoms with E-state index < -0.39 is 16.6 Å². The van der Waals surface area contributed by atoms with E-state index in [0.717, 1.165) is 23.5 Å². The molecule has 0 bridgehead atoms. The van der Waals surface area contributed by atoms with Gasteiger partial charge in [0.2, 0.25) is 16.6 Å². The lowest BCUT2D eigenvalue weighted by Gasteiger charge is -2.38. The zero-order chi connectivity index (χ0) is 19.7. The first-order valence-corrected chi connectivity index (χ1v) is 15.0. The molecule has 0 spiro atoms. The van der Waals surface area contributed by atoms with Crippen molar-refractivity contribution in [3.63, 3.8) is 0 Å². The molecule has 0 heterocycles. The van der Waals surface area contributed by atoms with Crippen LogP contribution in [0, 0.1) is 0 Å². The van der Waals surface area contributed by atoms with Gasteiger partial charge in [0.25, 0.3) is 0 Å². The highest BCUT2D eigenvalue weighted by molar-refractivity contribution is 6.75. The summed E-state index contributed by atoms with van der Waals surface area (Å²) in [5, 5.41) is 0.358. The molecule has 0 amide bonds. The predicted molar refractivity (Wildman–Crippen MR) is 116 cm³/mol. The number of benzene rings is 1. The fourth-order valence-corrected chi connectivity index (χ4v) is 3.99. The second kappa shape index (κ2) is 7.32. The normalized spacial score (nSPS) is 13.5. The Morgan fingerprint density at radius 3 is 1.80 bits per heavy atom. The highest BCUT2D eigenvalue weighted by Gasteiger charge is 2.40. The second-order valence-corrected chi connectivity index (χ2v) is 19.4. The fraction of sp³-hybridized carbons (Fsp3) is 0.619. The molecule has 0 N–H and O–H groups in total. The zero-order valence-corrected chi connectivity index (χ0v) is 20.0. The third-order valence-corrected chi connectivity index (χ3v) is 14.4. The Morgan fingerprint density at radius 1 is 0.880 bits per heavy atom.